The zero-order valence-corrected chi connectivity index (χ0v) is 8.44. The van der Waals surface area contributed by atoms with E-state index in [-0.39, 0.29) is 6.54 Å². The summed E-state index contributed by atoms with van der Waals surface area (Å²) in [7, 11) is 0. The second-order valence-corrected chi connectivity index (χ2v) is 4.66. The summed E-state index contributed by atoms with van der Waals surface area (Å²) < 4.78 is 0.868. The molecule has 1 rings (SSSR count). The molecule has 0 aliphatic carbocycles. The highest BCUT2D eigenvalue weighted by Crippen LogP contribution is 2.28. The summed E-state index contributed by atoms with van der Waals surface area (Å²) in [6, 6.07) is 0. The van der Waals surface area contributed by atoms with Crippen molar-refractivity contribution in [1.82, 2.24) is 4.98 Å². The van der Waals surface area contributed by atoms with Crippen molar-refractivity contribution in [2.24, 2.45) is 5.73 Å². The van der Waals surface area contributed by atoms with E-state index in [1.165, 1.54) is 11.3 Å². The number of hydrogen-bond acceptors (Lipinski definition) is 4. The Morgan fingerprint density at radius 2 is 2.45 bits per heavy atom. The Labute approximate surface area is 77.4 Å². The lowest BCUT2D eigenvalue weighted by Gasteiger charge is -2.02. The molecule has 0 aliphatic heterocycles. The number of rotatable bonds is 2. The number of aromatic nitrogens is 1. The number of aliphatic hydroxyl groups is 1. The van der Waals surface area contributed by atoms with Gasteiger partial charge in [0.2, 0.25) is 0 Å². The van der Waals surface area contributed by atoms with Crippen molar-refractivity contribution in [2.45, 2.75) is 13.0 Å². The van der Waals surface area contributed by atoms with Crippen molar-refractivity contribution in [1.29, 1.82) is 0 Å². The van der Waals surface area contributed by atoms with E-state index in [9.17, 15) is 5.11 Å². The zero-order valence-electron chi connectivity index (χ0n) is 6.04. The lowest BCUT2D eigenvalue weighted by Crippen LogP contribution is -2.12. The third kappa shape index (κ3) is 1.99. The van der Waals surface area contributed by atoms with Crippen LogP contribution >= 0.6 is 27.3 Å². The van der Waals surface area contributed by atoms with Gasteiger partial charge in [0, 0.05) is 6.54 Å². The lowest BCUT2D eigenvalue weighted by molar-refractivity contribution is 0.182. The quantitative estimate of drug-likeness (QED) is 0.812. The SMILES string of the molecule is Cc1nc(C(O)CN)c(Br)s1. The number of thiazole rings is 1. The Morgan fingerprint density at radius 3 is 2.82 bits per heavy atom. The number of halogens is 1. The van der Waals surface area contributed by atoms with Crippen LogP contribution in [0.2, 0.25) is 0 Å². The standard InChI is InChI=1S/C6H9BrN2OS/c1-3-9-5(4(10)2-8)6(7)11-3/h4,10H,2,8H2,1H3. The summed E-state index contributed by atoms with van der Waals surface area (Å²) in [5.41, 5.74) is 5.92. The van der Waals surface area contributed by atoms with Crippen LogP contribution in [0.15, 0.2) is 3.79 Å². The Balaban J connectivity index is 2.93. The summed E-state index contributed by atoms with van der Waals surface area (Å²) in [5, 5.41) is 10.2. The molecule has 11 heavy (non-hydrogen) atoms. The van der Waals surface area contributed by atoms with Crippen molar-refractivity contribution < 1.29 is 5.11 Å². The Kier molecular flexibility index (Phi) is 3.00. The van der Waals surface area contributed by atoms with Crippen LogP contribution in [-0.2, 0) is 0 Å². The Morgan fingerprint density at radius 1 is 1.82 bits per heavy atom. The largest absolute Gasteiger partial charge is 0.385 e. The fourth-order valence-electron chi connectivity index (χ4n) is 0.735. The van der Waals surface area contributed by atoms with Crippen LogP contribution in [0.5, 0.6) is 0 Å². The zero-order chi connectivity index (χ0) is 8.43. The summed E-state index contributed by atoms with van der Waals surface area (Å²) in [6.07, 6.45) is -0.644. The predicted molar refractivity (Wildman–Crippen MR) is 48.6 cm³/mol. The van der Waals surface area contributed by atoms with Crippen LogP contribution < -0.4 is 5.73 Å². The van der Waals surface area contributed by atoms with Crippen molar-refractivity contribution in [3.63, 3.8) is 0 Å². The highest BCUT2D eigenvalue weighted by molar-refractivity contribution is 9.11. The van der Waals surface area contributed by atoms with Gasteiger partial charge in [-0.1, -0.05) is 0 Å². The van der Waals surface area contributed by atoms with Crippen molar-refractivity contribution in [3.05, 3.63) is 14.5 Å². The van der Waals surface area contributed by atoms with Gasteiger partial charge in [-0.25, -0.2) is 4.98 Å². The molecule has 0 aromatic carbocycles. The maximum atomic E-state index is 9.31. The first-order valence-corrected chi connectivity index (χ1v) is 4.77. The number of nitrogens with zero attached hydrogens (tertiary/aromatic N) is 1. The first-order chi connectivity index (χ1) is 5.15. The fourth-order valence-corrected chi connectivity index (χ4v) is 2.48. The molecule has 1 heterocycles. The van der Waals surface area contributed by atoms with Crippen LogP contribution in [0.3, 0.4) is 0 Å². The van der Waals surface area contributed by atoms with Crippen molar-refractivity contribution >= 4 is 27.3 Å². The van der Waals surface area contributed by atoms with Gasteiger partial charge in [-0.3, -0.25) is 0 Å². The maximum absolute atomic E-state index is 9.31. The number of nitrogens with two attached hydrogens (primary N) is 1. The van der Waals surface area contributed by atoms with Gasteiger partial charge in [0.1, 0.15) is 6.10 Å². The van der Waals surface area contributed by atoms with Crippen LogP contribution in [0, 0.1) is 6.92 Å². The molecule has 0 radical (unpaired) electrons. The second kappa shape index (κ2) is 3.62. The van der Waals surface area contributed by atoms with Crippen molar-refractivity contribution in [3.8, 4) is 0 Å². The monoisotopic (exact) mass is 236 g/mol. The van der Waals surface area contributed by atoms with Gasteiger partial charge in [0.05, 0.1) is 14.5 Å². The van der Waals surface area contributed by atoms with E-state index in [1.807, 2.05) is 6.92 Å². The molecule has 0 bridgehead atoms. The van der Waals surface area contributed by atoms with Crippen molar-refractivity contribution in [2.75, 3.05) is 6.54 Å². The average molecular weight is 237 g/mol. The second-order valence-electron chi connectivity index (χ2n) is 2.14. The van der Waals surface area contributed by atoms with E-state index in [0.717, 1.165) is 8.79 Å². The van der Waals surface area contributed by atoms with E-state index in [2.05, 4.69) is 20.9 Å². The molecule has 1 atom stereocenters. The molecule has 0 aliphatic rings. The van der Waals surface area contributed by atoms with Crippen LogP contribution in [0.25, 0.3) is 0 Å². The predicted octanol–water partition coefficient (Wildman–Crippen LogP) is 1.21. The van der Waals surface area contributed by atoms with Gasteiger partial charge >= 0.3 is 0 Å². The average Bonchev–Trinajstić information content (AvgIpc) is 2.28. The van der Waals surface area contributed by atoms with Gasteiger partial charge in [-0.05, 0) is 22.9 Å². The molecule has 1 unspecified atom stereocenters. The highest BCUT2D eigenvalue weighted by Gasteiger charge is 2.13. The lowest BCUT2D eigenvalue weighted by atomic mass is 10.3. The summed E-state index contributed by atoms with van der Waals surface area (Å²) in [6.45, 7) is 2.10. The van der Waals surface area contributed by atoms with Gasteiger partial charge in [-0.15, -0.1) is 11.3 Å². The number of hydrogen-bond donors (Lipinski definition) is 2. The molecular formula is C6H9BrN2OS. The van der Waals surface area contributed by atoms with E-state index < -0.39 is 6.10 Å². The van der Waals surface area contributed by atoms with Gasteiger partial charge in [0.25, 0.3) is 0 Å². The third-order valence-electron chi connectivity index (χ3n) is 1.26. The fraction of sp³-hybridized carbons (Fsp3) is 0.500. The third-order valence-corrected chi connectivity index (χ3v) is 2.92. The molecule has 62 valence electrons. The van der Waals surface area contributed by atoms with Gasteiger partial charge < -0.3 is 10.8 Å². The topological polar surface area (TPSA) is 59.1 Å². The molecule has 0 amide bonds. The van der Waals surface area contributed by atoms with Gasteiger partial charge in [-0.2, -0.15) is 0 Å². The minimum atomic E-state index is -0.644. The molecule has 3 nitrogen and oxygen atoms in total. The minimum absolute atomic E-state index is 0.210. The molecule has 0 fully saturated rings. The Hall–Kier alpha value is 0.0300. The van der Waals surface area contributed by atoms with Crippen LogP contribution in [-0.4, -0.2) is 16.6 Å². The number of aryl methyl sites for hydroxylation is 1. The normalized spacial score (nSPS) is 13.5. The molecule has 5 heteroatoms. The minimum Gasteiger partial charge on any atom is -0.385 e. The number of aliphatic hydroxyl groups excluding tert-OH is 1. The molecule has 0 spiro atoms. The van der Waals surface area contributed by atoms with E-state index in [1.54, 1.807) is 0 Å². The van der Waals surface area contributed by atoms with Gasteiger partial charge in [0.15, 0.2) is 0 Å². The summed E-state index contributed by atoms with van der Waals surface area (Å²) >= 11 is 4.80. The van der Waals surface area contributed by atoms with E-state index in [4.69, 9.17) is 5.73 Å². The smallest absolute Gasteiger partial charge is 0.110 e. The Bertz CT molecular complexity index is 251. The molecule has 0 saturated heterocycles. The highest BCUT2D eigenvalue weighted by atomic mass is 79.9. The summed E-state index contributed by atoms with van der Waals surface area (Å²) in [4.78, 5) is 4.12. The molecular weight excluding hydrogens is 228 g/mol. The maximum Gasteiger partial charge on any atom is 0.110 e. The van der Waals surface area contributed by atoms with Crippen LogP contribution in [0.1, 0.15) is 16.8 Å². The summed E-state index contributed by atoms with van der Waals surface area (Å²) in [5.74, 6) is 0. The van der Waals surface area contributed by atoms with E-state index in [0.29, 0.717) is 5.69 Å². The molecule has 0 saturated carbocycles. The first-order valence-electron chi connectivity index (χ1n) is 3.16. The van der Waals surface area contributed by atoms with E-state index >= 15 is 0 Å². The van der Waals surface area contributed by atoms with Crippen LogP contribution in [0.4, 0.5) is 0 Å². The first kappa shape index (κ1) is 9.12. The molecule has 3 N–H and O–H groups in total. The molecule has 1 aromatic heterocycles. The molecule has 1 aromatic rings.